The van der Waals surface area contributed by atoms with E-state index in [4.69, 9.17) is 4.42 Å². The maximum atomic E-state index is 12.5. The molecule has 0 bridgehead atoms. The van der Waals surface area contributed by atoms with Crippen LogP contribution in [-0.2, 0) is 17.9 Å². The van der Waals surface area contributed by atoms with Crippen LogP contribution in [-0.4, -0.2) is 10.8 Å². The second-order valence-corrected chi connectivity index (χ2v) is 6.71. The average molecular weight is 329 g/mol. The first kappa shape index (κ1) is 14.8. The Morgan fingerprint density at radius 3 is 2.64 bits per heavy atom. The molecule has 1 amide bonds. The van der Waals surface area contributed by atoms with Gasteiger partial charge in [-0.1, -0.05) is 12.1 Å². The first-order chi connectivity index (χ1) is 10.8. The molecule has 3 rings (SSSR count). The van der Waals surface area contributed by atoms with Crippen LogP contribution in [0.3, 0.4) is 0 Å². The normalized spacial score (nSPS) is 11.1. The standard InChI is InChI=1S/C17H15NO2S2/c19-17(8-7-15-5-2-10-21-15)18(12-14-4-1-9-20-14)13-16-6-3-11-22-16/h1-11H,12-13H2/b8-7+. The second-order valence-electron chi connectivity index (χ2n) is 4.70. The molecule has 0 unspecified atom stereocenters. The van der Waals surface area contributed by atoms with Crippen molar-refractivity contribution >= 4 is 34.7 Å². The fraction of sp³-hybridized carbons (Fsp3) is 0.118. The molecule has 5 heteroatoms. The maximum absolute atomic E-state index is 12.5. The number of carbonyl (C=O) groups excluding carboxylic acids is 1. The zero-order chi connectivity index (χ0) is 15.2. The molecule has 0 saturated heterocycles. The Morgan fingerprint density at radius 2 is 1.95 bits per heavy atom. The Kier molecular flexibility index (Phi) is 4.88. The first-order valence-corrected chi connectivity index (χ1v) is 8.62. The molecule has 3 nitrogen and oxygen atoms in total. The van der Waals surface area contributed by atoms with Crippen LogP contribution >= 0.6 is 22.7 Å². The summed E-state index contributed by atoms with van der Waals surface area (Å²) in [6, 6.07) is 11.7. The van der Waals surface area contributed by atoms with E-state index in [2.05, 4.69) is 0 Å². The van der Waals surface area contributed by atoms with Crippen LogP contribution in [0, 0.1) is 0 Å². The monoisotopic (exact) mass is 329 g/mol. The number of furan rings is 1. The van der Waals surface area contributed by atoms with Crippen molar-refractivity contribution in [3.8, 4) is 0 Å². The summed E-state index contributed by atoms with van der Waals surface area (Å²) < 4.78 is 5.37. The van der Waals surface area contributed by atoms with Crippen LogP contribution in [0.4, 0.5) is 0 Å². The Balaban J connectivity index is 1.73. The SMILES string of the molecule is O=C(/C=C/c1cccs1)N(Cc1ccco1)Cc1cccs1. The van der Waals surface area contributed by atoms with E-state index in [1.54, 1.807) is 39.9 Å². The Morgan fingerprint density at radius 1 is 1.09 bits per heavy atom. The molecular weight excluding hydrogens is 314 g/mol. The van der Waals surface area contributed by atoms with Gasteiger partial charge < -0.3 is 9.32 Å². The van der Waals surface area contributed by atoms with E-state index in [1.807, 2.05) is 53.2 Å². The van der Waals surface area contributed by atoms with Crippen LogP contribution in [0.5, 0.6) is 0 Å². The van der Waals surface area contributed by atoms with E-state index in [9.17, 15) is 4.79 Å². The molecule has 0 aliphatic carbocycles. The van der Waals surface area contributed by atoms with Crippen LogP contribution in [0.1, 0.15) is 15.5 Å². The predicted molar refractivity (Wildman–Crippen MR) is 90.6 cm³/mol. The third-order valence-corrected chi connectivity index (χ3v) is 4.80. The first-order valence-electron chi connectivity index (χ1n) is 6.86. The van der Waals surface area contributed by atoms with Crippen molar-refractivity contribution < 1.29 is 9.21 Å². The Bertz CT molecular complexity index is 677. The average Bonchev–Trinajstić information content (AvgIpc) is 3.27. The summed E-state index contributed by atoms with van der Waals surface area (Å²) in [6.07, 6.45) is 5.11. The van der Waals surface area contributed by atoms with E-state index in [0.29, 0.717) is 13.1 Å². The summed E-state index contributed by atoms with van der Waals surface area (Å²) >= 11 is 3.26. The molecule has 0 saturated carbocycles. The molecule has 0 fully saturated rings. The molecular formula is C17H15NO2S2. The summed E-state index contributed by atoms with van der Waals surface area (Å²) in [6.45, 7) is 1.06. The van der Waals surface area contributed by atoms with Gasteiger partial charge in [-0.25, -0.2) is 0 Å². The summed E-state index contributed by atoms with van der Waals surface area (Å²) in [4.78, 5) is 16.5. The van der Waals surface area contributed by atoms with Gasteiger partial charge in [-0.05, 0) is 41.1 Å². The summed E-state index contributed by atoms with van der Waals surface area (Å²) in [7, 11) is 0. The Hall–Kier alpha value is -2.11. The zero-order valence-corrected chi connectivity index (χ0v) is 13.5. The predicted octanol–water partition coefficient (Wildman–Crippen LogP) is 4.64. The lowest BCUT2D eigenvalue weighted by molar-refractivity contribution is -0.127. The lowest BCUT2D eigenvalue weighted by Gasteiger charge is -2.19. The smallest absolute Gasteiger partial charge is 0.247 e. The third kappa shape index (κ3) is 3.96. The van der Waals surface area contributed by atoms with E-state index >= 15 is 0 Å². The minimum absolute atomic E-state index is 0.0156. The molecule has 0 spiro atoms. The van der Waals surface area contributed by atoms with Crippen molar-refractivity contribution in [1.82, 2.24) is 4.90 Å². The molecule has 0 aliphatic rings. The summed E-state index contributed by atoms with van der Waals surface area (Å²) in [5, 5.41) is 4.02. The number of hydrogen-bond donors (Lipinski definition) is 0. The van der Waals surface area contributed by atoms with Crippen molar-refractivity contribution in [3.63, 3.8) is 0 Å². The quantitative estimate of drug-likeness (QED) is 0.617. The van der Waals surface area contributed by atoms with E-state index in [0.717, 1.165) is 15.5 Å². The van der Waals surface area contributed by atoms with Crippen LogP contribution in [0.2, 0.25) is 0 Å². The fourth-order valence-electron chi connectivity index (χ4n) is 2.04. The zero-order valence-electron chi connectivity index (χ0n) is 11.8. The van der Waals surface area contributed by atoms with Gasteiger partial charge in [0.25, 0.3) is 0 Å². The van der Waals surface area contributed by atoms with Gasteiger partial charge in [-0.3, -0.25) is 4.79 Å². The van der Waals surface area contributed by atoms with Crippen molar-refractivity contribution in [2.75, 3.05) is 0 Å². The van der Waals surface area contributed by atoms with Crippen LogP contribution in [0.15, 0.2) is 63.9 Å². The van der Waals surface area contributed by atoms with Crippen molar-refractivity contribution in [1.29, 1.82) is 0 Å². The number of amides is 1. The van der Waals surface area contributed by atoms with Crippen LogP contribution in [0.25, 0.3) is 6.08 Å². The fourth-order valence-corrected chi connectivity index (χ4v) is 3.38. The van der Waals surface area contributed by atoms with E-state index in [-0.39, 0.29) is 5.91 Å². The minimum atomic E-state index is -0.0156. The second kappa shape index (κ2) is 7.24. The van der Waals surface area contributed by atoms with Gasteiger partial charge in [0, 0.05) is 15.8 Å². The largest absolute Gasteiger partial charge is 0.467 e. The summed E-state index contributed by atoms with van der Waals surface area (Å²) in [5.74, 6) is 0.771. The maximum Gasteiger partial charge on any atom is 0.247 e. The number of carbonyl (C=O) groups is 1. The van der Waals surface area contributed by atoms with Gasteiger partial charge >= 0.3 is 0 Å². The van der Waals surface area contributed by atoms with Gasteiger partial charge in [-0.2, -0.15) is 0 Å². The van der Waals surface area contributed by atoms with E-state index < -0.39 is 0 Å². The van der Waals surface area contributed by atoms with E-state index in [1.165, 1.54) is 0 Å². The number of hydrogen-bond acceptors (Lipinski definition) is 4. The highest BCUT2D eigenvalue weighted by Crippen LogP contribution is 2.16. The lowest BCUT2D eigenvalue weighted by atomic mass is 10.3. The highest BCUT2D eigenvalue weighted by atomic mass is 32.1. The molecule has 3 aromatic rings. The molecule has 0 atom stereocenters. The van der Waals surface area contributed by atoms with Gasteiger partial charge in [0.05, 0.1) is 19.4 Å². The molecule has 0 aliphatic heterocycles. The Labute approximate surface area is 137 Å². The molecule has 0 aromatic carbocycles. The minimum Gasteiger partial charge on any atom is -0.467 e. The number of nitrogens with zero attached hydrogens (tertiary/aromatic N) is 1. The molecule has 3 aromatic heterocycles. The molecule has 112 valence electrons. The highest BCUT2D eigenvalue weighted by molar-refractivity contribution is 7.10. The number of thiophene rings is 2. The lowest BCUT2D eigenvalue weighted by Crippen LogP contribution is -2.27. The molecule has 3 heterocycles. The summed E-state index contributed by atoms with van der Waals surface area (Å²) in [5.41, 5.74) is 0. The van der Waals surface area contributed by atoms with Gasteiger partial charge in [-0.15, -0.1) is 22.7 Å². The number of rotatable bonds is 6. The van der Waals surface area contributed by atoms with Gasteiger partial charge in [0.2, 0.25) is 5.91 Å². The molecule has 0 radical (unpaired) electrons. The third-order valence-electron chi connectivity index (χ3n) is 3.10. The van der Waals surface area contributed by atoms with Gasteiger partial charge in [0.1, 0.15) is 5.76 Å². The van der Waals surface area contributed by atoms with Crippen molar-refractivity contribution in [3.05, 3.63) is 75.0 Å². The molecule has 22 heavy (non-hydrogen) atoms. The van der Waals surface area contributed by atoms with Crippen LogP contribution < -0.4 is 0 Å². The highest BCUT2D eigenvalue weighted by Gasteiger charge is 2.14. The van der Waals surface area contributed by atoms with Gasteiger partial charge in [0.15, 0.2) is 0 Å². The topological polar surface area (TPSA) is 33.5 Å². The van der Waals surface area contributed by atoms with Crippen molar-refractivity contribution in [2.45, 2.75) is 13.1 Å². The molecule has 0 N–H and O–H groups in total. The van der Waals surface area contributed by atoms with Crippen molar-refractivity contribution in [2.24, 2.45) is 0 Å².